The highest BCUT2D eigenvalue weighted by atomic mass is 32.1. The number of carbonyl (C=O) groups is 3. The Balaban J connectivity index is 4.53. The predicted molar refractivity (Wildman–Crippen MR) is 72.9 cm³/mol. The van der Waals surface area contributed by atoms with Gasteiger partial charge in [0.05, 0.1) is 12.5 Å². The number of carbonyl (C=O) groups excluding carboxylic acids is 2. The van der Waals surface area contributed by atoms with E-state index in [9.17, 15) is 14.4 Å². The zero-order chi connectivity index (χ0) is 14.8. The monoisotopic (exact) mass is 292 g/mol. The first-order valence-electron chi connectivity index (χ1n) is 5.73. The molecule has 0 spiro atoms. The van der Waals surface area contributed by atoms with Gasteiger partial charge in [0.1, 0.15) is 6.04 Å². The van der Waals surface area contributed by atoms with Gasteiger partial charge in [0.15, 0.2) is 0 Å². The average molecular weight is 292 g/mol. The molecule has 0 bridgehead atoms. The van der Waals surface area contributed by atoms with Crippen LogP contribution in [0.3, 0.4) is 0 Å². The highest BCUT2D eigenvalue weighted by Crippen LogP contribution is 1.94. The summed E-state index contributed by atoms with van der Waals surface area (Å²) >= 11 is 3.92. The number of amides is 2. The quantitative estimate of drug-likeness (QED) is 0.261. The van der Waals surface area contributed by atoms with Crippen LogP contribution >= 0.6 is 12.6 Å². The molecule has 0 saturated carbocycles. The summed E-state index contributed by atoms with van der Waals surface area (Å²) < 4.78 is 0. The third kappa shape index (κ3) is 7.65. The molecule has 19 heavy (non-hydrogen) atoms. The molecule has 0 radical (unpaired) electrons. The Hall–Kier alpha value is -1.32. The number of nitrogens with two attached hydrogens (primary N) is 1. The molecule has 9 heteroatoms. The zero-order valence-electron chi connectivity index (χ0n) is 10.7. The summed E-state index contributed by atoms with van der Waals surface area (Å²) in [5.74, 6) is -1.92. The summed E-state index contributed by atoms with van der Waals surface area (Å²) in [6, 6.07) is -1.99. The fourth-order valence-electron chi connectivity index (χ4n) is 1.28. The van der Waals surface area contributed by atoms with E-state index in [1.54, 1.807) is 7.05 Å². The molecule has 0 aliphatic heterocycles. The third-order valence-corrected chi connectivity index (χ3v) is 2.41. The van der Waals surface area contributed by atoms with E-state index in [2.05, 4.69) is 28.6 Å². The average Bonchev–Trinajstić information content (AvgIpc) is 2.34. The van der Waals surface area contributed by atoms with Gasteiger partial charge in [0, 0.05) is 18.8 Å². The van der Waals surface area contributed by atoms with Crippen LogP contribution in [0.2, 0.25) is 0 Å². The number of likely N-dealkylation sites (N-methyl/N-ethyl adjacent to an activating group) is 1. The lowest BCUT2D eigenvalue weighted by Gasteiger charge is -2.19. The van der Waals surface area contributed by atoms with E-state index in [1.165, 1.54) is 0 Å². The van der Waals surface area contributed by atoms with Gasteiger partial charge in [-0.25, -0.2) is 0 Å². The molecule has 0 saturated heterocycles. The SMILES string of the molecule is CNCC(N)C(=O)NC(CC(=O)O)C(=O)NCCS. The minimum absolute atomic E-state index is 0.226. The number of aliphatic carboxylic acids is 1. The van der Waals surface area contributed by atoms with Crippen LogP contribution < -0.4 is 21.7 Å². The molecule has 0 heterocycles. The van der Waals surface area contributed by atoms with Gasteiger partial charge >= 0.3 is 5.97 Å². The first-order valence-corrected chi connectivity index (χ1v) is 6.36. The number of thiol groups is 1. The third-order valence-electron chi connectivity index (χ3n) is 2.18. The second kappa shape index (κ2) is 9.59. The number of nitrogens with one attached hydrogen (secondary N) is 3. The number of carboxylic acids is 1. The van der Waals surface area contributed by atoms with Crippen molar-refractivity contribution in [1.82, 2.24) is 16.0 Å². The first kappa shape index (κ1) is 17.7. The van der Waals surface area contributed by atoms with E-state index in [-0.39, 0.29) is 13.1 Å². The smallest absolute Gasteiger partial charge is 0.305 e. The topological polar surface area (TPSA) is 134 Å². The summed E-state index contributed by atoms with van der Waals surface area (Å²) in [5.41, 5.74) is 5.54. The molecule has 8 nitrogen and oxygen atoms in total. The van der Waals surface area contributed by atoms with Gasteiger partial charge in [0.2, 0.25) is 11.8 Å². The fourth-order valence-corrected chi connectivity index (χ4v) is 1.39. The molecule has 0 rings (SSSR count). The Morgan fingerprint density at radius 2 is 1.95 bits per heavy atom. The van der Waals surface area contributed by atoms with Crippen LogP contribution in [0.4, 0.5) is 0 Å². The Labute approximate surface area is 116 Å². The summed E-state index contributed by atoms with van der Waals surface area (Å²) in [7, 11) is 1.63. The van der Waals surface area contributed by atoms with Crippen molar-refractivity contribution in [3.8, 4) is 0 Å². The number of hydrogen-bond donors (Lipinski definition) is 6. The van der Waals surface area contributed by atoms with E-state index < -0.39 is 36.3 Å². The molecule has 0 fully saturated rings. The molecule has 2 amide bonds. The molecular weight excluding hydrogens is 272 g/mol. The molecule has 0 aromatic carbocycles. The van der Waals surface area contributed by atoms with Crippen molar-refractivity contribution >= 4 is 30.4 Å². The van der Waals surface area contributed by atoms with Gasteiger partial charge in [-0.05, 0) is 7.05 Å². The van der Waals surface area contributed by atoms with Crippen LogP contribution in [-0.4, -0.2) is 60.9 Å². The van der Waals surface area contributed by atoms with Crippen LogP contribution in [0.15, 0.2) is 0 Å². The molecule has 0 aromatic rings. The Kier molecular flexibility index (Phi) is 8.92. The van der Waals surface area contributed by atoms with E-state index in [4.69, 9.17) is 10.8 Å². The Morgan fingerprint density at radius 1 is 1.32 bits per heavy atom. The van der Waals surface area contributed by atoms with Crippen LogP contribution in [-0.2, 0) is 14.4 Å². The van der Waals surface area contributed by atoms with Gasteiger partial charge in [-0.1, -0.05) is 0 Å². The maximum absolute atomic E-state index is 11.7. The van der Waals surface area contributed by atoms with Crippen molar-refractivity contribution in [3.63, 3.8) is 0 Å². The minimum Gasteiger partial charge on any atom is -0.481 e. The maximum Gasteiger partial charge on any atom is 0.305 e. The van der Waals surface area contributed by atoms with Crippen molar-refractivity contribution < 1.29 is 19.5 Å². The highest BCUT2D eigenvalue weighted by molar-refractivity contribution is 7.80. The van der Waals surface area contributed by atoms with Crippen molar-refractivity contribution in [1.29, 1.82) is 0 Å². The molecule has 0 aliphatic rings. The lowest BCUT2D eigenvalue weighted by Crippen LogP contribution is -2.54. The number of carboxylic acid groups (broad SMARTS) is 1. The minimum atomic E-state index is -1.19. The van der Waals surface area contributed by atoms with E-state index in [0.29, 0.717) is 5.75 Å². The predicted octanol–water partition coefficient (Wildman–Crippen LogP) is -2.46. The molecular formula is C10H20N4O4S. The number of rotatable bonds is 9. The van der Waals surface area contributed by atoms with Crippen molar-refractivity contribution in [3.05, 3.63) is 0 Å². The van der Waals surface area contributed by atoms with Gasteiger partial charge in [-0.15, -0.1) is 0 Å². The first-order chi connectivity index (χ1) is 8.92. The lowest BCUT2D eigenvalue weighted by molar-refractivity contribution is -0.140. The molecule has 110 valence electrons. The van der Waals surface area contributed by atoms with Crippen LogP contribution in [0.25, 0.3) is 0 Å². The summed E-state index contributed by atoms with van der Waals surface area (Å²) in [6.45, 7) is 0.514. The molecule has 2 unspecified atom stereocenters. The zero-order valence-corrected chi connectivity index (χ0v) is 11.6. The largest absolute Gasteiger partial charge is 0.481 e. The lowest BCUT2D eigenvalue weighted by atomic mass is 10.1. The van der Waals surface area contributed by atoms with E-state index in [1.807, 2.05) is 0 Å². The Bertz CT molecular complexity index is 327. The summed E-state index contributed by atoms with van der Waals surface area (Å²) in [6.07, 6.45) is -0.504. The van der Waals surface area contributed by atoms with Gasteiger partial charge in [0.25, 0.3) is 0 Å². The van der Waals surface area contributed by atoms with Gasteiger partial charge in [-0.2, -0.15) is 12.6 Å². The molecule has 2 atom stereocenters. The van der Waals surface area contributed by atoms with Crippen molar-refractivity contribution in [2.75, 3.05) is 25.9 Å². The normalized spacial score (nSPS) is 13.4. The number of hydrogen-bond acceptors (Lipinski definition) is 6. The van der Waals surface area contributed by atoms with E-state index in [0.717, 1.165) is 0 Å². The Morgan fingerprint density at radius 3 is 2.42 bits per heavy atom. The van der Waals surface area contributed by atoms with Crippen LogP contribution in [0.5, 0.6) is 0 Å². The maximum atomic E-state index is 11.7. The fraction of sp³-hybridized carbons (Fsp3) is 0.700. The van der Waals surface area contributed by atoms with Crippen molar-refractivity contribution in [2.45, 2.75) is 18.5 Å². The van der Waals surface area contributed by atoms with Gasteiger partial charge in [-0.3, -0.25) is 14.4 Å². The second-order valence-corrected chi connectivity index (χ2v) is 4.29. The summed E-state index contributed by atoms with van der Waals surface area (Å²) in [5, 5.41) is 16.2. The highest BCUT2D eigenvalue weighted by Gasteiger charge is 2.25. The second-order valence-electron chi connectivity index (χ2n) is 3.84. The van der Waals surface area contributed by atoms with Crippen molar-refractivity contribution in [2.24, 2.45) is 5.73 Å². The van der Waals surface area contributed by atoms with Crippen LogP contribution in [0.1, 0.15) is 6.42 Å². The standard InChI is InChI=1S/C10H20N4O4S/c1-12-5-6(11)9(17)14-7(4-8(15)16)10(18)13-2-3-19/h6-7,12,19H,2-5,11H2,1H3,(H,13,18)(H,14,17)(H,15,16). The summed E-state index contributed by atoms with van der Waals surface area (Å²) in [4.78, 5) is 34.0. The molecule has 6 N–H and O–H groups in total. The molecule has 0 aliphatic carbocycles. The van der Waals surface area contributed by atoms with Crippen LogP contribution in [0, 0.1) is 0 Å². The van der Waals surface area contributed by atoms with E-state index >= 15 is 0 Å². The molecule has 0 aromatic heterocycles. The van der Waals surface area contributed by atoms with Gasteiger partial charge < -0.3 is 26.8 Å².